The predicted octanol–water partition coefficient (Wildman–Crippen LogP) is 1.23. The summed E-state index contributed by atoms with van der Waals surface area (Å²) in [5.74, 6) is 1.97. The highest BCUT2D eigenvalue weighted by atomic mass is 14.9. The van der Waals surface area contributed by atoms with Gasteiger partial charge in [-0.25, -0.2) is 0 Å². The highest BCUT2D eigenvalue weighted by molar-refractivity contribution is 4.83. The molecule has 2 N–H and O–H groups in total. The van der Waals surface area contributed by atoms with Crippen LogP contribution in [0, 0.1) is 11.8 Å². The average Bonchev–Trinajstić information content (AvgIpc) is 2.74. The molecule has 0 amide bonds. The van der Waals surface area contributed by atoms with Crippen molar-refractivity contribution in [3.8, 4) is 0 Å². The van der Waals surface area contributed by atoms with Crippen LogP contribution in [-0.2, 0) is 0 Å². The fourth-order valence-electron chi connectivity index (χ4n) is 1.45. The highest BCUT2D eigenvalue weighted by Crippen LogP contribution is 2.36. The molecule has 1 aliphatic carbocycles. The summed E-state index contributed by atoms with van der Waals surface area (Å²) < 4.78 is 0. The maximum atomic E-state index is 3.47. The van der Waals surface area contributed by atoms with E-state index in [1.54, 1.807) is 0 Å². The average molecular weight is 170 g/mol. The summed E-state index contributed by atoms with van der Waals surface area (Å²) in [6, 6.07) is 0. The van der Waals surface area contributed by atoms with Gasteiger partial charge in [-0.2, -0.15) is 0 Å². The molecule has 0 heterocycles. The lowest BCUT2D eigenvalue weighted by molar-refractivity contribution is 0.574. The van der Waals surface area contributed by atoms with Gasteiger partial charge in [0, 0.05) is 13.1 Å². The second kappa shape index (κ2) is 5.55. The van der Waals surface area contributed by atoms with E-state index in [2.05, 4.69) is 24.5 Å². The van der Waals surface area contributed by atoms with Crippen molar-refractivity contribution in [1.29, 1.82) is 0 Å². The molecule has 72 valence electrons. The van der Waals surface area contributed by atoms with Gasteiger partial charge in [0.05, 0.1) is 0 Å². The molecule has 2 atom stereocenters. The van der Waals surface area contributed by atoms with Gasteiger partial charge in [-0.3, -0.25) is 0 Å². The minimum Gasteiger partial charge on any atom is -0.315 e. The molecular formula is C10H22N2. The van der Waals surface area contributed by atoms with E-state index in [0.29, 0.717) is 0 Å². The third kappa shape index (κ3) is 4.07. The van der Waals surface area contributed by atoms with E-state index in [4.69, 9.17) is 0 Å². The first kappa shape index (κ1) is 10.0. The minimum atomic E-state index is 0.983. The molecule has 2 unspecified atom stereocenters. The van der Waals surface area contributed by atoms with Gasteiger partial charge >= 0.3 is 0 Å². The van der Waals surface area contributed by atoms with E-state index in [1.807, 2.05) is 0 Å². The second-order valence-electron chi connectivity index (χ2n) is 3.93. The van der Waals surface area contributed by atoms with Crippen LogP contribution in [0.3, 0.4) is 0 Å². The zero-order valence-corrected chi connectivity index (χ0v) is 8.40. The van der Waals surface area contributed by atoms with Crippen LogP contribution in [0.4, 0.5) is 0 Å². The number of hydrogen-bond donors (Lipinski definition) is 2. The molecule has 2 nitrogen and oxygen atoms in total. The maximum absolute atomic E-state index is 3.47. The van der Waals surface area contributed by atoms with Crippen LogP contribution in [0.1, 0.15) is 26.7 Å². The first-order valence-corrected chi connectivity index (χ1v) is 5.26. The lowest BCUT2D eigenvalue weighted by Crippen LogP contribution is -2.29. The van der Waals surface area contributed by atoms with Crippen molar-refractivity contribution >= 4 is 0 Å². The first-order valence-electron chi connectivity index (χ1n) is 5.26. The molecule has 2 heteroatoms. The quantitative estimate of drug-likeness (QED) is 0.562. The third-order valence-electron chi connectivity index (χ3n) is 2.59. The largest absolute Gasteiger partial charge is 0.315 e. The molecule has 0 bridgehead atoms. The van der Waals surface area contributed by atoms with E-state index in [1.165, 1.54) is 19.4 Å². The van der Waals surface area contributed by atoms with Crippen LogP contribution < -0.4 is 10.6 Å². The van der Waals surface area contributed by atoms with Crippen LogP contribution in [0.15, 0.2) is 0 Å². The lowest BCUT2D eigenvalue weighted by atomic mass is 10.3. The molecule has 0 spiro atoms. The molecule has 0 radical (unpaired) electrons. The van der Waals surface area contributed by atoms with E-state index in [0.717, 1.165) is 31.5 Å². The molecule has 1 saturated carbocycles. The van der Waals surface area contributed by atoms with Gasteiger partial charge in [-0.1, -0.05) is 13.8 Å². The van der Waals surface area contributed by atoms with Crippen molar-refractivity contribution in [1.82, 2.24) is 10.6 Å². The standard InChI is InChI=1S/C10H22N2/c1-3-4-11-5-6-12-8-10-7-9(10)2/h9-12H,3-8H2,1-2H3. The van der Waals surface area contributed by atoms with Gasteiger partial charge in [-0.15, -0.1) is 0 Å². The normalized spacial score (nSPS) is 27.5. The zero-order chi connectivity index (χ0) is 8.81. The van der Waals surface area contributed by atoms with Crippen LogP contribution in [-0.4, -0.2) is 26.2 Å². The molecule has 1 fully saturated rings. The molecular weight excluding hydrogens is 148 g/mol. The fourth-order valence-corrected chi connectivity index (χ4v) is 1.45. The molecule has 0 aromatic heterocycles. The maximum Gasteiger partial charge on any atom is 0.00768 e. The second-order valence-corrected chi connectivity index (χ2v) is 3.93. The van der Waals surface area contributed by atoms with Gasteiger partial charge in [0.1, 0.15) is 0 Å². The van der Waals surface area contributed by atoms with Crippen molar-refractivity contribution in [3.05, 3.63) is 0 Å². The molecule has 0 saturated heterocycles. The Kier molecular flexibility index (Phi) is 4.62. The van der Waals surface area contributed by atoms with E-state index in [9.17, 15) is 0 Å². The molecule has 0 aromatic rings. The van der Waals surface area contributed by atoms with Crippen LogP contribution in [0.25, 0.3) is 0 Å². The van der Waals surface area contributed by atoms with Gasteiger partial charge in [0.2, 0.25) is 0 Å². The summed E-state index contributed by atoms with van der Waals surface area (Å²) in [6.45, 7) is 9.17. The molecule has 0 aliphatic heterocycles. The van der Waals surface area contributed by atoms with E-state index < -0.39 is 0 Å². The van der Waals surface area contributed by atoms with Crippen molar-refractivity contribution in [2.24, 2.45) is 11.8 Å². The Hall–Kier alpha value is -0.0800. The van der Waals surface area contributed by atoms with Gasteiger partial charge in [-0.05, 0) is 37.8 Å². The highest BCUT2D eigenvalue weighted by Gasteiger charge is 2.31. The molecule has 1 aliphatic rings. The molecule has 0 aromatic carbocycles. The summed E-state index contributed by atoms with van der Waals surface area (Å²) in [4.78, 5) is 0. The summed E-state index contributed by atoms with van der Waals surface area (Å²) in [5, 5.41) is 6.85. The number of rotatable bonds is 7. The Balaban J connectivity index is 1.72. The zero-order valence-electron chi connectivity index (χ0n) is 8.40. The van der Waals surface area contributed by atoms with Gasteiger partial charge in [0.15, 0.2) is 0 Å². The number of nitrogens with one attached hydrogen (secondary N) is 2. The fraction of sp³-hybridized carbons (Fsp3) is 1.00. The van der Waals surface area contributed by atoms with Gasteiger partial charge in [0.25, 0.3) is 0 Å². The Labute approximate surface area is 76.1 Å². The Morgan fingerprint density at radius 3 is 2.42 bits per heavy atom. The van der Waals surface area contributed by atoms with Crippen LogP contribution in [0.2, 0.25) is 0 Å². The van der Waals surface area contributed by atoms with Crippen LogP contribution >= 0.6 is 0 Å². The van der Waals surface area contributed by atoms with E-state index in [-0.39, 0.29) is 0 Å². The summed E-state index contributed by atoms with van der Waals surface area (Å²) in [7, 11) is 0. The van der Waals surface area contributed by atoms with Crippen LogP contribution in [0.5, 0.6) is 0 Å². The Morgan fingerprint density at radius 2 is 1.83 bits per heavy atom. The van der Waals surface area contributed by atoms with Crippen molar-refractivity contribution < 1.29 is 0 Å². The first-order chi connectivity index (χ1) is 5.84. The topological polar surface area (TPSA) is 24.1 Å². The van der Waals surface area contributed by atoms with Crippen molar-refractivity contribution in [2.45, 2.75) is 26.7 Å². The summed E-state index contributed by atoms with van der Waals surface area (Å²) in [6.07, 6.45) is 2.68. The summed E-state index contributed by atoms with van der Waals surface area (Å²) >= 11 is 0. The Bertz CT molecular complexity index is 114. The van der Waals surface area contributed by atoms with E-state index >= 15 is 0 Å². The molecule has 12 heavy (non-hydrogen) atoms. The van der Waals surface area contributed by atoms with Gasteiger partial charge < -0.3 is 10.6 Å². The summed E-state index contributed by atoms with van der Waals surface area (Å²) in [5.41, 5.74) is 0. The monoisotopic (exact) mass is 170 g/mol. The lowest BCUT2D eigenvalue weighted by Gasteiger charge is -2.04. The number of hydrogen-bond acceptors (Lipinski definition) is 2. The third-order valence-corrected chi connectivity index (χ3v) is 2.59. The minimum absolute atomic E-state index is 0.983. The van der Waals surface area contributed by atoms with Crippen molar-refractivity contribution in [3.63, 3.8) is 0 Å². The Morgan fingerprint density at radius 1 is 1.17 bits per heavy atom. The predicted molar refractivity (Wildman–Crippen MR) is 53.3 cm³/mol. The SMILES string of the molecule is CCCNCCNCC1CC1C. The van der Waals surface area contributed by atoms with Crippen molar-refractivity contribution in [2.75, 3.05) is 26.2 Å². The molecule has 1 rings (SSSR count). The smallest absolute Gasteiger partial charge is 0.00768 e.